The van der Waals surface area contributed by atoms with Gasteiger partial charge in [0.2, 0.25) is 0 Å². The first-order valence-corrected chi connectivity index (χ1v) is 7.37. The number of quaternary nitrogens is 1. The van der Waals surface area contributed by atoms with Gasteiger partial charge >= 0.3 is 0 Å². The second-order valence-electron chi connectivity index (χ2n) is 5.79. The van der Waals surface area contributed by atoms with Gasteiger partial charge in [0, 0.05) is 12.1 Å². The zero-order chi connectivity index (χ0) is 15.4. The first-order valence-electron chi connectivity index (χ1n) is 7.37. The lowest BCUT2D eigenvalue weighted by molar-refractivity contribution is -0.920. The third kappa shape index (κ3) is 4.01. The number of anilines is 1. The second-order valence-corrected chi connectivity index (χ2v) is 5.79. The van der Waals surface area contributed by atoms with E-state index in [1.165, 1.54) is 23.5 Å². The molecule has 1 saturated heterocycles. The van der Waals surface area contributed by atoms with Gasteiger partial charge in [-0.1, -0.05) is 6.07 Å². The van der Waals surface area contributed by atoms with Gasteiger partial charge in [-0.2, -0.15) is 0 Å². The average molecular weight is 292 g/mol. The summed E-state index contributed by atoms with van der Waals surface area (Å²) in [4.78, 5) is 23.8. The summed E-state index contributed by atoms with van der Waals surface area (Å²) < 4.78 is 0. The number of nitro groups is 1. The fraction of sp³-hybridized carbons (Fsp3) is 0.533. The number of hydrogen-bond acceptors (Lipinski definition) is 3. The lowest BCUT2D eigenvalue weighted by atomic mass is 10.0. The van der Waals surface area contributed by atoms with Crippen LogP contribution in [0.1, 0.15) is 31.7 Å². The predicted molar refractivity (Wildman–Crippen MR) is 80.5 cm³/mol. The van der Waals surface area contributed by atoms with Gasteiger partial charge in [-0.05, 0) is 38.7 Å². The minimum atomic E-state index is -0.451. The van der Waals surface area contributed by atoms with Crippen LogP contribution in [0.15, 0.2) is 18.2 Å². The first kappa shape index (κ1) is 15.4. The summed E-state index contributed by atoms with van der Waals surface area (Å²) in [7, 11) is 0. The number of benzene rings is 1. The van der Waals surface area contributed by atoms with Crippen LogP contribution in [0.2, 0.25) is 0 Å². The smallest absolute Gasteiger partial charge is 0.279 e. The lowest BCUT2D eigenvalue weighted by Gasteiger charge is -2.29. The van der Waals surface area contributed by atoms with Crippen molar-refractivity contribution in [1.82, 2.24) is 0 Å². The van der Waals surface area contributed by atoms with Crippen LogP contribution in [0.25, 0.3) is 0 Å². The SMILES string of the molecule is Cc1ccc([N+](=O)[O-])cc1NC(=O)C[NH+]1CCCC[C@@H]1C. The normalized spacial score (nSPS) is 21.8. The molecule has 1 aliphatic heterocycles. The number of nitrogens with one attached hydrogen (secondary N) is 2. The van der Waals surface area contributed by atoms with Crippen LogP contribution in [0.5, 0.6) is 0 Å². The number of nitrogens with zero attached hydrogens (tertiary/aromatic N) is 1. The standard InChI is InChI=1S/C15H21N3O3/c1-11-6-7-13(18(20)21)9-14(11)16-15(19)10-17-8-4-3-5-12(17)2/h6-7,9,12H,3-5,8,10H2,1-2H3,(H,16,19)/p+1/t12-/m0/s1. The number of aryl methyl sites for hydroxylation is 1. The van der Waals surface area contributed by atoms with Crippen LogP contribution in [-0.2, 0) is 4.79 Å². The van der Waals surface area contributed by atoms with Gasteiger partial charge in [-0.3, -0.25) is 14.9 Å². The fourth-order valence-corrected chi connectivity index (χ4v) is 2.77. The maximum Gasteiger partial charge on any atom is 0.279 e. The van der Waals surface area contributed by atoms with Crippen molar-refractivity contribution in [2.75, 3.05) is 18.4 Å². The number of carbonyl (C=O) groups is 1. The quantitative estimate of drug-likeness (QED) is 0.648. The molecule has 0 saturated carbocycles. The van der Waals surface area contributed by atoms with Crippen molar-refractivity contribution in [1.29, 1.82) is 0 Å². The highest BCUT2D eigenvalue weighted by Gasteiger charge is 2.24. The highest BCUT2D eigenvalue weighted by atomic mass is 16.6. The van der Waals surface area contributed by atoms with Crippen LogP contribution >= 0.6 is 0 Å². The average Bonchev–Trinajstić information content (AvgIpc) is 2.43. The summed E-state index contributed by atoms with van der Waals surface area (Å²) in [5.41, 5.74) is 1.35. The molecule has 0 spiro atoms. The Morgan fingerprint density at radius 1 is 1.48 bits per heavy atom. The van der Waals surface area contributed by atoms with Crippen LogP contribution in [0.3, 0.4) is 0 Å². The molecule has 2 atom stereocenters. The summed E-state index contributed by atoms with van der Waals surface area (Å²) in [5, 5.41) is 13.6. The summed E-state index contributed by atoms with van der Waals surface area (Å²) in [5.74, 6) is -0.0812. The van der Waals surface area contributed by atoms with E-state index in [2.05, 4.69) is 12.2 Å². The molecular formula is C15H22N3O3+. The van der Waals surface area contributed by atoms with E-state index in [4.69, 9.17) is 0 Å². The fourth-order valence-electron chi connectivity index (χ4n) is 2.77. The number of piperidine rings is 1. The van der Waals surface area contributed by atoms with E-state index < -0.39 is 4.92 Å². The van der Waals surface area contributed by atoms with Crippen LogP contribution in [0, 0.1) is 17.0 Å². The van der Waals surface area contributed by atoms with E-state index >= 15 is 0 Å². The Kier molecular flexibility index (Phi) is 4.90. The molecule has 6 heteroatoms. The second kappa shape index (κ2) is 6.67. The molecule has 1 heterocycles. The molecule has 2 rings (SSSR count). The lowest BCUT2D eigenvalue weighted by Crippen LogP contribution is -3.17. The molecule has 114 valence electrons. The van der Waals surface area contributed by atoms with E-state index in [1.54, 1.807) is 6.07 Å². The number of carbonyl (C=O) groups excluding carboxylic acids is 1. The van der Waals surface area contributed by atoms with Gasteiger partial charge in [0.25, 0.3) is 11.6 Å². The van der Waals surface area contributed by atoms with Crippen molar-refractivity contribution in [2.45, 2.75) is 39.2 Å². The third-order valence-electron chi connectivity index (χ3n) is 4.18. The molecule has 0 bridgehead atoms. The van der Waals surface area contributed by atoms with E-state index in [0.717, 1.165) is 24.9 Å². The Morgan fingerprint density at radius 3 is 2.90 bits per heavy atom. The number of non-ortho nitro benzene ring substituents is 1. The van der Waals surface area contributed by atoms with Crippen molar-refractivity contribution in [3.63, 3.8) is 0 Å². The van der Waals surface area contributed by atoms with Gasteiger partial charge in [-0.15, -0.1) is 0 Å². The zero-order valence-corrected chi connectivity index (χ0v) is 12.5. The van der Waals surface area contributed by atoms with Crippen molar-refractivity contribution in [3.05, 3.63) is 33.9 Å². The zero-order valence-electron chi connectivity index (χ0n) is 12.5. The molecular weight excluding hydrogens is 270 g/mol. The third-order valence-corrected chi connectivity index (χ3v) is 4.18. The number of amides is 1. The predicted octanol–water partition coefficient (Wildman–Crippen LogP) is 1.30. The molecule has 6 nitrogen and oxygen atoms in total. The molecule has 21 heavy (non-hydrogen) atoms. The van der Waals surface area contributed by atoms with Crippen LogP contribution in [0.4, 0.5) is 11.4 Å². The summed E-state index contributed by atoms with van der Waals surface area (Å²) >= 11 is 0. The molecule has 1 fully saturated rings. The van der Waals surface area contributed by atoms with Gasteiger partial charge in [0.15, 0.2) is 6.54 Å². The largest absolute Gasteiger partial charge is 0.325 e. The Hall–Kier alpha value is -1.95. The van der Waals surface area contributed by atoms with Crippen LogP contribution < -0.4 is 10.2 Å². The first-order chi connectivity index (χ1) is 9.97. The Morgan fingerprint density at radius 2 is 2.24 bits per heavy atom. The van der Waals surface area contributed by atoms with Gasteiger partial charge in [0.05, 0.1) is 23.2 Å². The summed E-state index contributed by atoms with van der Waals surface area (Å²) in [6.45, 7) is 5.43. The Bertz CT molecular complexity index is 545. The topological polar surface area (TPSA) is 76.7 Å². The van der Waals surface area contributed by atoms with Crippen molar-refractivity contribution >= 4 is 17.3 Å². The molecule has 0 aromatic heterocycles. The van der Waals surface area contributed by atoms with Gasteiger partial charge in [0.1, 0.15) is 0 Å². The minimum absolute atomic E-state index is 0.00501. The van der Waals surface area contributed by atoms with Crippen LogP contribution in [-0.4, -0.2) is 30.0 Å². The Labute approximate surface area is 124 Å². The summed E-state index contributed by atoms with van der Waals surface area (Å²) in [6.07, 6.45) is 3.54. The van der Waals surface area contributed by atoms with Crippen molar-refractivity contribution < 1.29 is 14.6 Å². The number of nitro benzene ring substituents is 1. The highest BCUT2D eigenvalue weighted by Crippen LogP contribution is 2.21. The van der Waals surface area contributed by atoms with E-state index in [1.807, 2.05) is 6.92 Å². The highest BCUT2D eigenvalue weighted by molar-refractivity contribution is 5.92. The molecule has 1 unspecified atom stereocenters. The van der Waals surface area contributed by atoms with E-state index in [0.29, 0.717) is 18.3 Å². The van der Waals surface area contributed by atoms with Gasteiger partial charge < -0.3 is 10.2 Å². The molecule has 0 aliphatic carbocycles. The van der Waals surface area contributed by atoms with Crippen molar-refractivity contribution in [2.24, 2.45) is 0 Å². The number of hydrogen-bond donors (Lipinski definition) is 2. The van der Waals surface area contributed by atoms with E-state index in [9.17, 15) is 14.9 Å². The van der Waals surface area contributed by atoms with Gasteiger partial charge in [-0.25, -0.2) is 0 Å². The van der Waals surface area contributed by atoms with Crippen molar-refractivity contribution in [3.8, 4) is 0 Å². The molecule has 2 N–H and O–H groups in total. The minimum Gasteiger partial charge on any atom is -0.325 e. The number of likely N-dealkylation sites (tertiary alicyclic amines) is 1. The maximum absolute atomic E-state index is 12.2. The molecule has 0 radical (unpaired) electrons. The Balaban J connectivity index is 2.02. The molecule has 1 amide bonds. The molecule has 1 aromatic rings. The molecule has 1 aromatic carbocycles. The maximum atomic E-state index is 12.2. The van der Waals surface area contributed by atoms with E-state index in [-0.39, 0.29) is 11.6 Å². The number of rotatable bonds is 4. The monoisotopic (exact) mass is 292 g/mol. The molecule has 1 aliphatic rings. The summed E-state index contributed by atoms with van der Waals surface area (Å²) in [6, 6.07) is 5.02.